The monoisotopic (exact) mass is 276 g/mol. The molecule has 0 bridgehead atoms. The summed E-state index contributed by atoms with van der Waals surface area (Å²) in [6, 6.07) is 3.08. The Morgan fingerprint density at radius 3 is 2.18 bits per heavy atom. The molecule has 1 aromatic carbocycles. The van der Waals surface area contributed by atoms with Crippen LogP contribution in [0.4, 0.5) is 0 Å². The zero-order valence-electron chi connectivity index (χ0n) is 10.3. The Balaban J connectivity index is 3.03. The molecule has 17 heavy (non-hydrogen) atoms. The van der Waals surface area contributed by atoms with Crippen LogP contribution < -0.4 is 4.74 Å². The predicted octanol–water partition coefficient (Wildman–Crippen LogP) is 3.41. The third-order valence-electron chi connectivity index (χ3n) is 2.46. The molecular weight excluding hydrogens is 260 g/mol. The third-order valence-corrected chi connectivity index (χ3v) is 3.79. The largest absolute Gasteiger partial charge is 0.493 e. The average molecular weight is 277 g/mol. The van der Waals surface area contributed by atoms with Gasteiger partial charge in [-0.05, 0) is 43.5 Å². The van der Waals surface area contributed by atoms with Gasteiger partial charge in [-0.3, -0.25) is 0 Å². The van der Waals surface area contributed by atoms with Crippen LogP contribution in [-0.2, 0) is 9.05 Å². The molecule has 0 amide bonds. The summed E-state index contributed by atoms with van der Waals surface area (Å²) in [4.78, 5) is 0.122. The number of unbranched alkanes of at least 4 members (excludes halogenated alkanes) is 1. The summed E-state index contributed by atoms with van der Waals surface area (Å²) < 4.78 is 28.1. The number of aryl methyl sites for hydroxylation is 2. The Morgan fingerprint density at radius 2 is 1.76 bits per heavy atom. The summed E-state index contributed by atoms with van der Waals surface area (Å²) >= 11 is 0. The van der Waals surface area contributed by atoms with Crippen molar-refractivity contribution in [3.05, 3.63) is 23.3 Å². The number of benzene rings is 1. The molecular formula is C12H17ClO3S. The molecule has 3 nitrogen and oxygen atoms in total. The fraction of sp³-hybridized carbons (Fsp3) is 0.500. The van der Waals surface area contributed by atoms with E-state index in [1.807, 2.05) is 13.8 Å². The average Bonchev–Trinajstić information content (AvgIpc) is 2.20. The van der Waals surface area contributed by atoms with Crippen LogP contribution in [0.3, 0.4) is 0 Å². The predicted molar refractivity (Wildman–Crippen MR) is 69.4 cm³/mol. The molecule has 0 heterocycles. The molecule has 0 aliphatic rings. The van der Waals surface area contributed by atoms with Gasteiger partial charge in [0.25, 0.3) is 9.05 Å². The molecule has 0 spiro atoms. The van der Waals surface area contributed by atoms with E-state index in [-0.39, 0.29) is 4.90 Å². The van der Waals surface area contributed by atoms with Gasteiger partial charge in [0.05, 0.1) is 11.5 Å². The molecule has 0 saturated heterocycles. The number of ether oxygens (including phenoxy) is 1. The molecule has 0 aliphatic heterocycles. The van der Waals surface area contributed by atoms with Crippen molar-refractivity contribution in [2.45, 2.75) is 38.5 Å². The van der Waals surface area contributed by atoms with Crippen molar-refractivity contribution >= 4 is 19.7 Å². The third kappa shape index (κ3) is 3.89. The second kappa shape index (κ2) is 5.74. The molecule has 5 heteroatoms. The number of halogens is 1. The van der Waals surface area contributed by atoms with Crippen molar-refractivity contribution in [1.29, 1.82) is 0 Å². The van der Waals surface area contributed by atoms with E-state index >= 15 is 0 Å². The second-order valence-electron chi connectivity index (χ2n) is 4.03. The molecule has 0 fully saturated rings. The maximum Gasteiger partial charge on any atom is 0.261 e. The number of hydrogen-bond acceptors (Lipinski definition) is 3. The molecule has 96 valence electrons. The van der Waals surface area contributed by atoms with Gasteiger partial charge in [0, 0.05) is 10.7 Å². The van der Waals surface area contributed by atoms with Gasteiger partial charge in [0.1, 0.15) is 5.75 Å². The van der Waals surface area contributed by atoms with Crippen LogP contribution in [0.25, 0.3) is 0 Å². The number of hydrogen-bond donors (Lipinski definition) is 0. The van der Waals surface area contributed by atoms with Gasteiger partial charge in [-0.15, -0.1) is 0 Å². The first-order chi connectivity index (χ1) is 7.86. The first kappa shape index (κ1) is 14.3. The van der Waals surface area contributed by atoms with E-state index in [4.69, 9.17) is 15.4 Å². The molecule has 1 rings (SSSR count). The van der Waals surface area contributed by atoms with E-state index in [1.165, 1.54) is 12.1 Å². The quantitative estimate of drug-likeness (QED) is 0.611. The van der Waals surface area contributed by atoms with Crippen molar-refractivity contribution in [2.24, 2.45) is 0 Å². The highest BCUT2D eigenvalue weighted by atomic mass is 35.7. The van der Waals surface area contributed by atoms with Crippen molar-refractivity contribution in [1.82, 2.24) is 0 Å². The minimum atomic E-state index is -3.67. The van der Waals surface area contributed by atoms with Gasteiger partial charge in [-0.2, -0.15) is 0 Å². The summed E-state index contributed by atoms with van der Waals surface area (Å²) in [5.74, 6) is 0.752. The molecule has 0 aliphatic carbocycles. The minimum Gasteiger partial charge on any atom is -0.493 e. The van der Waals surface area contributed by atoms with Crippen LogP contribution in [0, 0.1) is 13.8 Å². The molecule has 0 radical (unpaired) electrons. The van der Waals surface area contributed by atoms with Gasteiger partial charge in [0.15, 0.2) is 0 Å². The summed E-state index contributed by atoms with van der Waals surface area (Å²) in [5, 5.41) is 0. The van der Waals surface area contributed by atoms with Crippen LogP contribution in [0.15, 0.2) is 17.0 Å². The summed E-state index contributed by atoms with van der Waals surface area (Å²) in [6.07, 6.45) is 2.04. The molecule has 0 atom stereocenters. The van der Waals surface area contributed by atoms with Crippen molar-refractivity contribution in [2.75, 3.05) is 6.61 Å². The zero-order chi connectivity index (χ0) is 13.1. The van der Waals surface area contributed by atoms with Crippen molar-refractivity contribution in [3.8, 4) is 5.75 Å². The summed E-state index contributed by atoms with van der Waals surface area (Å²) in [6.45, 7) is 6.37. The summed E-state index contributed by atoms with van der Waals surface area (Å²) in [7, 11) is 1.64. The topological polar surface area (TPSA) is 43.4 Å². The Kier molecular flexibility index (Phi) is 4.83. The molecule has 1 aromatic rings. The van der Waals surface area contributed by atoms with Crippen LogP contribution in [0.5, 0.6) is 5.75 Å². The van der Waals surface area contributed by atoms with Crippen molar-refractivity contribution in [3.63, 3.8) is 0 Å². The van der Waals surface area contributed by atoms with Gasteiger partial charge in [0.2, 0.25) is 0 Å². The van der Waals surface area contributed by atoms with Crippen LogP contribution >= 0.6 is 10.7 Å². The minimum absolute atomic E-state index is 0.122. The lowest BCUT2D eigenvalue weighted by molar-refractivity contribution is 0.305. The highest BCUT2D eigenvalue weighted by Crippen LogP contribution is 2.28. The lowest BCUT2D eigenvalue weighted by atomic mass is 10.1. The maximum atomic E-state index is 11.2. The van der Waals surface area contributed by atoms with Gasteiger partial charge >= 0.3 is 0 Å². The Bertz CT molecular complexity index is 471. The number of rotatable bonds is 5. The van der Waals surface area contributed by atoms with Crippen LogP contribution in [-0.4, -0.2) is 15.0 Å². The molecule has 0 saturated carbocycles. The zero-order valence-corrected chi connectivity index (χ0v) is 11.9. The molecule has 0 N–H and O–H groups in total. The van der Waals surface area contributed by atoms with Gasteiger partial charge < -0.3 is 4.74 Å². The lowest BCUT2D eigenvalue weighted by Crippen LogP contribution is -2.02. The molecule has 0 unspecified atom stereocenters. The van der Waals surface area contributed by atoms with Gasteiger partial charge in [-0.25, -0.2) is 8.42 Å². The van der Waals surface area contributed by atoms with E-state index in [2.05, 4.69) is 6.92 Å². The highest BCUT2D eigenvalue weighted by molar-refractivity contribution is 8.13. The van der Waals surface area contributed by atoms with Crippen molar-refractivity contribution < 1.29 is 13.2 Å². The van der Waals surface area contributed by atoms with E-state index < -0.39 is 9.05 Å². The maximum absolute atomic E-state index is 11.2. The first-order valence-electron chi connectivity index (χ1n) is 5.55. The fourth-order valence-electron chi connectivity index (χ4n) is 1.60. The van der Waals surface area contributed by atoms with E-state index in [1.54, 1.807) is 0 Å². The first-order valence-corrected chi connectivity index (χ1v) is 7.86. The second-order valence-corrected chi connectivity index (χ2v) is 6.59. The standard InChI is InChI=1S/C12H17ClO3S/c1-4-5-6-16-12-9(2)7-11(8-10(12)3)17(13,14)15/h7-8H,4-6H2,1-3H3. The Morgan fingerprint density at radius 1 is 1.24 bits per heavy atom. The Hall–Kier alpha value is -0.740. The van der Waals surface area contributed by atoms with E-state index in [0.717, 1.165) is 29.7 Å². The van der Waals surface area contributed by atoms with E-state index in [0.29, 0.717) is 6.61 Å². The SMILES string of the molecule is CCCCOc1c(C)cc(S(=O)(=O)Cl)cc1C. The Labute approximate surface area is 107 Å². The smallest absolute Gasteiger partial charge is 0.261 e. The highest BCUT2D eigenvalue weighted by Gasteiger charge is 2.14. The summed E-state index contributed by atoms with van der Waals surface area (Å²) in [5.41, 5.74) is 1.58. The fourth-order valence-corrected chi connectivity index (χ4v) is 2.50. The van der Waals surface area contributed by atoms with Crippen LogP contribution in [0.1, 0.15) is 30.9 Å². The van der Waals surface area contributed by atoms with Crippen LogP contribution in [0.2, 0.25) is 0 Å². The van der Waals surface area contributed by atoms with Gasteiger partial charge in [-0.1, -0.05) is 13.3 Å². The normalized spacial score (nSPS) is 11.5. The lowest BCUT2D eigenvalue weighted by Gasteiger charge is -2.12. The molecule has 0 aromatic heterocycles. The van der Waals surface area contributed by atoms with E-state index in [9.17, 15) is 8.42 Å².